The number of unbranched alkanes of at least 4 members (excludes halogenated alkanes) is 18. The van der Waals surface area contributed by atoms with E-state index in [4.69, 9.17) is 4.43 Å². The number of rotatable bonds is 34. The minimum atomic E-state index is -3.02. The number of aliphatic hydroxyl groups is 2. The van der Waals surface area contributed by atoms with Crippen molar-refractivity contribution in [2.45, 2.75) is 219 Å². The number of hydrogen-bond acceptors (Lipinski definition) is 4. The van der Waals surface area contributed by atoms with Gasteiger partial charge in [-0.15, -0.1) is 0 Å². The molecule has 0 fully saturated rings. The van der Waals surface area contributed by atoms with Crippen LogP contribution < -0.4 is 15.7 Å². The Morgan fingerprint density at radius 1 is 0.667 bits per heavy atom. The van der Waals surface area contributed by atoms with E-state index in [1.165, 1.54) is 116 Å². The van der Waals surface area contributed by atoms with Crippen molar-refractivity contribution in [1.29, 1.82) is 0 Å². The number of aliphatic hydroxyl groups excluding tert-OH is 2. The van der Waals surface area contributed by atoms with Crippen LogP contribution in [0, 0.1) is 5.92 Å². The zero-order valence-electron chi connectivity index (χ0n) is 37.6. The van der Waals surface area contributed by atoms with Crippen molar-refractivity contribution in [3.63, 3.8) is 0 Å². The van der Waals surface area contributed by atoms with Crippen molar-refractivity contribution >= 4 is 24.6 Å². The quantitative estimate of drug-likeness (QED) is 0.0374. The Morgan fingerprint density at radius 3 is 1.53 bits per heavy atom. The highest BCUT2D eigenvalue weighted by molar-refractivity contribution is 6.99. The van der Waals surface area contributed by atoms with Crippen LogP contribution in [0.2, 0.25) is 5.04 Å². The molecular weight excluding hydrogens is 719 g/mol. The summed E-state index contributed by atoms with van der Waals surface area (Å²) in [6.07, 6.45) is 31.5. The van der Waals surface area contributed by atoms with E-state index in [1.807, 2.05) is 18.2 Å². The molecule has 5 nitrogen and oxygen atoms in total. The van der Waals surface area contributed by atoms with E-state index in [0.29, 0.717) is 12.3 Å². The third-order valence-corrected chi connectivity index (χ3v) is 17.0. The molecular formula is C51H87NO4Si. The predicted molar refractivity (Wildman–Crippen MR) is 248 cm³/mol. The first-order chi connectivity index (χ1) is 27.6. The van der Waals surface area contributed by atoms with E-state index < -0.39 is 26.6 Å². The molecule has 57 heavy (non-hydrogen) atoms. The average Bonchev–Trinajstić information content (AvgIpc) is 3.21. The van der Waals surface area contributed by atoms with Gasteiger partial charge in [-0.1, -0.05) is 249 Å². The molecule has 2 rings (SSSR count). The maximum atomic E-state index is 14.4. The van der Waals surface area contributed by atoms with E-state index in [-0.39, 0.29) is 17.6 Å². The Bertz CT molecular complexity index is 1240. The molecule has 4 atom stereocenters. The molecule has 0 heterocycles. The van der Waals surface area contributed by atoms with Crippen molar-refractivity contribution in [2.24, 2.45) is 5.92 Å². The van der Waals surface area contributed by atoms with E-state index in [9.17, 15) is 15.0 Å². The fraction of sp³-hybridized carbons (Fsp3) is 0.706. The lowest BCUT2D eigenvalue weighted by molar-refractivity contribution is -0.130. The minimum Gasteiger partial charge on any atom is -0.395 e. The lowest BCUT2D eigenvalue weighted by atomic mass is 9.96. The standard InChI is InChI=1S/C51H87NO4Si/c1-7-9-11-13-15-16-17-18-19-21-23-34-42-49(56-57(51(4,5)6,45-37-29-25-30-38-45)46-39-31-26-32-40-46)50(55)52-47(43-53)48(54)41-33-24-28-36-44(3)35-27-22-20-14-12-10-8-2/h25-26,29-33,37-41,44,47-49,53-54H,7-24,27-28,34-36,42-43H2,1-6H3,(H,52,55)/b41-33+. The molecule has 0 saturated heterocycles. The molecule has 0 saturated carbocycles. The van der Waals surface area contributed by atoms with Gasteiger partial charge in [0.15, 0.2) is 0 Å². The lowest BCUT2D eigenvalue weighted by Gasteiger charge is -2.45. The molecule has 0 radical (unpaired) electrons. The van der Waals surface area contributed by atoms with Gasteiger partial charge >= 0.3 is 0 Å². The van der Waals surface area contributed by atoms with Crippen LogP contribution in [0.1, 0.15) is 196 Å². The summed E-state index contributed by atoms with van der Waals surface area (Å²) >= 11 is 0. The third kappa shape index (κ3) is 20.0. The molecule has 0 spiro atoms. The van der Waals surface area contributed by atoms with Gasteiger partial charge in [-0.2, -0.15) is 0 Å². The van der Waals surface area contributed by atoms with Crippen LogP contribution in [0.25, 0.3) is 0 Å². The van der Waals surface area contributed by atoms with Gasteiger partial charge in [-0.25, -0.2) is 0 Å². The highest BCUT2D eigenvalue weighted by Gasteiger charge is 2.52. The molecule has 6 heteroatoms. The molecule has 2 aromatic rings. The summed E-state index contributed by atoms with van der Waals surface area (Å²) in [7, 11) is -3.02. The topological polar surface area (TPSA) is 78.8 Å². The average molecular weight is 806 g/mol. The first-order valence-corrected chi connectivity index (χ1v) is 25.6. The van der Waals surface area contributed by atoms with Crippen molar-refractivity contribution in [1.82, 2.24) is 5.32 Å². The van der Waals surface area contributed by atoms with Crippen molar-refractivity contribution in [3.05, 3.63) is 72.8 Å². The van der Waals surface area contributed by atoms with Gasteiger partial charge in [-0.3, -0.25) is 4.79 Å². The number of carbonyl (C=O) groups excluding carboxylic acids is 1. The minimum absolute atomic E-state index is 0.253. The molecule has 2 aromatic carbocycles. The number of carbonyl (C=O) groups is 1. The normalized spacial score (nSPS) is 14.5. The SMILES string of the molecule is CCCCCCCCCCCCCCC(O[Si](c1ccccc1)(c1ccccc1)C(C)(C)C)C(=O)NC(CO)C(O)/C=C/CCCC(C)CCCCCCCCC. The first-order valence-electron chi connectivity index (χ1n) is 23.6. The summed E-state index contributed by atoms with van der Waals surface area (Å²) in [6, 6.07) is 20.2. The van der Waals surface area contributed by atoms with Crippen molar-refractivity contribution < 1.29 is 19.4 Å². The summed E-state index contributed by atoms with van der Waals surface area (Å²) in [5.74, 6) is 0.456. The Balaban J connectivity index is 2.09. The van der Waals surface area contributed by atoms with Crippen LogP contribution in [0.4, 0.5) is 0 Å². The largest absolute Gasteiger partial charge is 0.395 e. The van der Waals surface area contributed by atoms with Crippen LogP contribution in [0.15, 0.2) is 72.8 Å². The predicted octanol–water partition coefficient (Wildman–Crippen LogP) is 12.4. The first kappa shape index (κ1) is 50.9. The molecule has 1 amide bonds. The van der Waals surface area contributed by atoms with Gasteiger partial charge in [0.1, 0.15) is 6.10 Å². The highest BCUT2D eigenvalue weighted by atomic mass is 28.4. The van der Waals surface area contributed by atoms with Gasteiger partial charge in [0, 0.05) is 0 Å². The zero-order valence-corrected chi connectivity index (χ0v) is 38.6. The highest BCUT2D eigenvalue weighted by Crippen LogP contribution is 2.38. The second-order valence-corrected chi connectivity index (χ2v) is 22.4. The van der Waals surface area contributed by atoms with Crippen LogP contribution in [0.3, 0.4) is 0 Å². The molecule has 3 N–H and O–H groups in total. The second-order valence-electron chi connectivity index (χ2n) is 18.1. The molecule has 324 valence electrons. The van der Waals surface area contributed by atoms with Crippen molar-refractivity contribution in [2.75, 3.05) is 6.61 Å². The lowest BCUT2D eigenvalue weighted by Crippen LogP contribution is -2.69. The Kier molecular flexibility index (Phi) is 27.4. The summed E-state index contributed by atoms with van der Waals surface area (Å²) < 4.78 is 7.40. The van der Waals surface area contributed by atoms with Crippen LogP contribution in [-0.4, -0.2) is 49.3 Å². The van der Waals surface area contributed by atoms with E-state index >= 15 is 0 Å². The fourth-order valence-corrected chi connectivity index (χ4v) is 13.0. The monoisotopic (exact) mass is 806 g/mol. The molecule has 0 aromatic heterocycles. The van der Waals surface area contributed by atoms with Gasteiger partial charge in [-0.05, 0) is 40.6 Å². The summed E-state index contributed by atoms with van der Waals surface area (Å²) in [5.41, 5.74) is 0. The van der Waals surface area contributed by atoms with Gasteiger partial charge < -0.3 is 20.0 Å². The number of benzene rings is 2. The molecule has 0 aliphatic heterocycles. The Labute approximate surface area is 352 Å². The van der Waals surface area contributed by atoms with E-state index in [1.54, 1.807) is 6.08 Å². The maximum absolute atomic E-state index is 14.4. The zero-order chi connectivity index (χ0) is 41.6. The molecule has 0 aliphatic carbocycles. The number of allylic oxidation sites excluding steroid dienone is 1. The molecule has 0 bridgehead atoms. The van der Waals surface area contributed by atoms with Gasteiger partial charge in [0.05, 0.1) is 18.8 Å². The fourth-order valence-electron chi connectivity index (χ4n) is 8.38. The molecule has 0 aliphatic rings. The number of hydrogen-bond donors (Lipinski definition) is 3. The summed E-state index contributed by atoms with van der Waals surface area (Å²) in [5, 5.41) is 26.6. The maximum Gasteiger partial charge on any atom is 0.262 e. The van der Waals surface area contributed by atoms with Gasteiger partial charge in [0.2, 0.25) is 5.91 Å². The smallest absolute Gasteiger partial charge is 0.262 e. The van der Waals surface area contributed by atoms with Crippen molar-refractivity contribution in [3.8, 4) is 0 Å². The number of nitrogens with one attached hydrogen (secondary N) is 1. The van der Waals surface area contributed by atoms with E-state index in [0.717, 1.165) is 42.5 Å². The van der Waals surface area contributed by atoms with Crippen LogP contribution in [0.5, 0.6) is 0 Å². The Morgan fingerprint density at radius 2 is 1.09 bits per heavy atom. The van der Waals surface area contributed by atoms with E-state index in [2.05, 4.69) is 95.4 Å². The molecule has 4 unspecified atom stereocenters. The van der Waals surface area contributed by atoms with Crippen LogP contribution in [-0.2, 0) is 9.22 Å². The van der Waals surface area contributed by atoms with Crippen LogP contribution >= 0.6 is 0 Å². The number of amides is 1. The third-order valence-electron chi connectivity index (χ3n) is 12.0. The van der Waals surface area contributed by atoms with Gasteiger partial charge in [0.25, 0.3) is 8.32 Å². The Hall–Kier alpha value is -2.25. The summed E-state index contributed by atoms with van der Waals surface area (Å²) in [4.78, 5) is 14.4. The summed E-state index contributed by atoms with van der Waals surface area (Å²) in [6.45, 7) is 13.3. The second kappa shape index (κ2) is 30.7.